The van der Waals surface area contributed by atoms with E-state index in [9.17, 15) is 15.0 Å². The highest BCUT2D eigenvalue weighted by Crippen LogP contribution is 2.81. The van der Waals surface area contributed by atoms with Gasteiger partial charge in [-0.2, -0.15) is 0 Å². The molecule has 0 bridgehead atoms. The number of allylic oxidation sites excluding steroid dienone is 2. The second-order valence-corrected chi connectivity index (χ2v) is 10.3. The summed E-state index contributed by atoms with van der Waals surface area (Å²) in [7, 11) is 0. The van der Waals surface area contributed by atoms with Crippen LogP contribution in [0.5, 0.6) is 0 Å². The van der Waals surface area contributed by atoms with E-state index in [1.165, 1.54) is 5.57 Å². The van der Waals surface area contributed by atoms with Gasteiger partial charge in [-0.05, 0) is 62.5 Å². The first-order valence-corrected chi connectivity index (χ1v) is 10.3. The van der Waals surface area contributed by atoms with Gasteiger partial charge in [0.15, 0.2) is 5.78 Å². The number of hydrogen-bond acceptors (Lipinski definition) is 5. The van der Waals surface area contributed by atoms with Crippen LogP contribution < -0.4 is 0 Å². The monoisotopic (exact) mass is 372 g/mol. The van der Waals surface area contributed by atoms with E-state index in [1.54, 1.807) is 6.08 Å². The number of carbonyl (C=O) groups excluding carboxylic acids is 1. The van der Waals surface area contributed by atoms with Crippen LogP contribution in [0.1, 0.15) is 46.5 Å². The van der Waals surface area contributed by atoms with E-state index in [2.05, 4.69) is 26.8 Å². The third kappa shape index (κ3) is 1.50. The topological polar surface area (TPSA) is 82.6 Å². The number of aliphatic hydroxyl groups excluding tert-OH is 1. The predicted molar refractivity (Wildman–Crippen MR) is 96.5 cm³/mol. The van der Waals surface area contributed by atoms with Crippen LogP contribution in [0, 0.1) is 28.6 Å². The second-order valence-electron chi connectivity index (χ2n) is 10.3. The first-order chi connectivity index (χ1) is 12.7. The van der Waals surface area contributed by atoms with Crippen molar-refractivity contribution in [2.45, 2.75) is 69.5 Å². The van der Waals surface area contributed by atoms with Crippen molar-refractivity contribution in [3.63, 3.8) is 0 Å². The van der Waals surface area contributed by atoms with E-state index < -0.39 is 11.4 Å². The number of epoxide rings is 2. The molecule has 5 fully saturated rings. The summed E-state index contributed by atoms with van der Waals surface area (Å²) < 4.78 is 12.5. The molecule has 5 nitrogen and oxygen atoms in total. The van der Waals surface area contributed by atoms with E-state index in [1.807, 2.05) is 6.08 Å². The second kappa shape index (κ2) is 4.43. The molecule has 27 heavy (non-hydrogen) atoms. The van der Waals surface area contributed by atoms with Crippen LogP contribution >= 0.6 is 0 Å². The Morgan fingerprint density at radius 1 is 1.30 bits per heavy atom. The minimum absolute atomic E-state index is 0.0861. The van der Waals surface area contributed by atoms with Crippen molar-refractivity contribution in [2.24, 2.45) is 28.6 Å². The maximum absolute atomic E-state index is 11.9. The molecule has 6 rings (SSSR count). The normalized spacial score (nSPS) is 62.4. The number of rotatable bonds is 1. The lowest BCUT2D eigenvalue weighted by molar-refractivity contribution is -0.111. The Labute approximate surface area is 159 Å². The highest BCUT2D eigenvalue weighted by Gasteiger charge is 2.89. The molecule has 2 spiro atoms. The lowest BCUT2D eigenvalue weighted by Gasteiger charge is -2.54. The Hall–Kier alpha value is -1.01. The predicted octanol–water partition coefficient (Wildman–Crippen LogP) is 2.12. The van der Waals surface area contributed by atoms with Crippen LogP contribution in [0.2, 0.25) is 0 Å². The maximum Gasteiger partial charge on any atom is 0.220 e. The van der Waals surface area contributed by atoms with Gasteiger partial charge in [-0.3, -0.25) is 4.79 Å². The summed E-state index contributed by atoms with van der Waals surface area (Å²) >= 11 is 0. The van der Waals surface area contributed by atoms with Crippen LogP contribution in [0.25, 0.3) is 0 Å². The summed E-state index contributed by atoms with van der Waals surface area (Å²) in [6.45, 7) is 6.29. The van der Waals surface area contributed by atoms with E-state index in [0.717, 1.165) is 25.7 Å². The lowest BCUT2D eigenvalue weighted by Crippen LogP contribution is -2.58. The Kier molecular flexibility index (Phi) is 2.77. The fourth-order valence-electron chi connectivity index (χ4n) is 8.41. The van der Waals surface area contributed by atoms with Crippen LogP contribution in [-0.2, 0) is 14.3 Å². The Morgan fingerprint density at radius 3 is 2.78 bits per heavy atom. The van der Waals surface area contributed by atoms with Gasteiger partial charge in [0.25, 0.3) is 0 Å². The van der Waals surface area contributed by atoms with Crippen LogP contribution in [0.15, 0.2) is 23.8 Å². The summed E-state index contributed by atoms with van der Waals surface area (Å²) in [5.41, 5.74) is -0.0898. The molecule has 2 saturated heterocycles. The van der Waals surface area contributed by atoms with E-state index >= 15 is 0 Å². The lowest BCUT2D eigenvalue weighted by atomic mass is 9.47. The molecule has 2 heterocycles. The molecule has 5 heteroatoms. The maximum atomic E-state index is 11.9. The van der Waals surface area contributed by atoms with Gasteiger partial charge in [-0.15, -0.1) is 0 Å². The van der Waals surface area contributed by atoms with Crippen LogP contribution in [-0.4, -0.2) is 45.7 Å². The first kappa shape index (κ1) is 16.9. The van der Waals surface area contributed by atoms with Crippen LogP contribution in [0.3, 0.4) is 0 Å². The molecule has 3 saturated carbocycles. The highest BCUT2D eigenvalue weighted by atomic mass is 16.8. The first-order valence-electron chi connectivity index (χ1n) is 10.3. The summed E-state index contributed by atoms with van der Waals surface area (Å²) in [5, 5.41) is 20.6. The summed E-state index contributed by atoms with van der Waals surface area (Å²) in [6.07, 6.45) is 9.50. The highest BCUT2D eigenvalue weighted by molar-refractivity contribution is 6.01. The molecule has 1 unspecified atom stereocenters. The SMILES string of the molecule is C[C@@H]1C[C@H]2[C@@H]3CCC4=CC(=O)C=C[C@]4(C)[C@@]34O[C@H]4C[C@]2(C)[C@]12OC2(O)CO. The van der Waals surface area contributed by atoms with Gasteiger partial charge in [0.2, 0.25) is 5.79 Å². The van der Waals surface area contributed by atoms with Gasteiger partial charge in [0, 0.05) is 10.8 Å². The zero-order valence-electron chi connectivity index (χ0n) is 16.2. The fourth-order valence-corrected chi connectivity index (χ4v) is 8.41. The Morgan fingerprint density at radius 2 is 2.07 bits per heavy atom. The molecule has 2 aliphatic heterocycles. The van der Waals surface area contributed by atoms with Gasteiger partial charge in [0.05, 0.1) is 6.10 Å². The van der Waals surface area contributed by atoms with Crippen molar-refractivity contribution in [1.29, 1.82) is 0 Å². The molecule has 0 aromatic rings. The average molecular weight is 372 g/mol. The molecular weight excluding hydrogens is 344 g/mol. The third-order valence-electron chi connectivity index (χ3n) is 9.56. The summed E-state index contributed by atoms with van der Waals surface area (Å²) in [5.74, 6) is -0.354. The van der Waals surface area contributed by atoms with Crippen LogP contribution in [0.4, 0.5) is 0 Å². The molecule has 0 radical (unpaired) electrons. The molecule has 6 aliphatic rings. The van der Waals surface area contributed by atoms with Crippen molar-refractivity contribution in [3.05, 3.63) is 23.8 Å². The zero-order valence-corrected chi connectivity index (χ0v) is 16.2. The molecule has 2 N–H and O–H groups in total. The van der Waals surface area contributed by atoms with Gasteiger partial charge >= 0.3 is 0 Å². The largest absolute Gasteiger partial charge is 0.391 e. The number of carbonyl (C=O) groups is 1. The number of aliphatic hydroxyl groups is 2. The number of ether oxygens (including phenoxy) is 2. The Balaban J connectivity index is 1.45. The van der Waals surface area contributed by atoms with E-state index in [4.69, 9.17) is 9.47 Å². The van der Waals surface area contributed by atoms with Crippen molar-refractivity contribution < 1.29 is 24.5 Å². The fraction of sp³-hybridized carbons (Fsp3) is 0.773. The van der Waals surface area contributed by atoms with Crippen molar-refractivity contribution in [1.82, 2.24) is 0 Å². The number of fused-ring (bicyclic) bond motifs is 4. The minimum Gasteiger partial charge on any atom is -0.391 e. The smallest absolute Gasteiger partial charge is 0.220 e. The molecule has 0 amide bonds. The number of ketones is 1. The molecule has 146 valence electrons. The van der Waals surface area contributed by atoms with E-state index in [0.29, 0.717) is 11.8 Å². The quantitative estimate of drug-likeness (QED) is 0.689. The minimum atomic E-state index is -1.41. The molecule has 9 atom stereocenters. The summed E-state index contributed by atoms with van der Waals surface area (Å²) in [4.78, 5) is 11.9. The zero-order chi connectivity index (χ0) is 19.0. The Bertz CT molecular complexity index is 833. The third-order valence-corrected chi connectivity index (χ3v) is 9.56. The van der Waals surface area contributed by atoms with Gasteiger partial charge in [-0.25, -0.2) is 0 Å². The molecule has 0 aromatic carbocycles. The molecular formula is C22H28O5. The van der Waals surface area contributed by atoms with Gasteiger partial charge in [0.1, 0.15) is 17.8 Å². The standard InChI is InChI=1S/C22H28O5/c1-12-8-16-15-5-4-13-9-14(24)6-7-18(13,2)21(15)17(26-21)10-19(16,3)22(12)20(25,11-23)27-22/h6-7,9,12,15-17,23,25H,4-5,8,10-11H2,1-3H3/t12-,15+,16+,17+,18+,19+,20?,21-,22-/m1/s1. The molecule has 4 aliphatic carbocycles. The van der Waals surface area contributed by atoms with Gasteiger partial charge in [-0.1, -0.05) is 25.5 Å². The van der Waals surface area contributed by atoms with Crippen molar-refractivity contribution in [2.75, 3.05) is 6.61 Å². The molecule has 0 aromatic heterocycles. The summed E-state index contributed by atoms with van der Waals surface area (Å²) in [6, 6.07) is 0. The van der Waals surface area contributed by atoms with E-state index in [-0.39, 0.29) is 40.8 Å². The van der Waals surface area contributed by atoms with Crippen molar-refractivity contribution in [3.8, 4) is 0 Å². The number of hydrogen-bond donors (Lipinski definition) is 2. The van der Waals surface area contributed by atoms with Crippen molar-refractivity contribution >= 4 is 5.78 Å². The van der Waals surface area contributed by atoms with Gasteiger partial charge < -0.3 is 19.7 Å². The average Bonchev–Trinajstić information content (AvgIpc) is 3.48.